The van der Waals surface area contributed by atoms with Gasteiger partial charge in [0.15, 0.2) is 18.7 Å². The molecule has 72 heteroatoms. The zero-order chi connectivity index (χ0) is 105. The van der Waals surface area contributed by atoms with Crippen LogP contribution in [0.5, 0.6) is 0 Å². The van der Waals surface area contributed by atoms with Gasteiger partial charge in [0.2, 0.25) is 46.9 Å². The molecule has 0 bridgehead atoms. The van der Waals surface area contributed by atoms with Crippen molar-refractivity contribution >= 4 is 93.5 Å². The Labute approximate surface area is 924 Å². The van der Waals surface area contributed by atoms with E-state index in [4.69, 9.17) is 66.7 Å². The summed E-state index contributed by atoms with van der Waals surface area (Å²) in [7, 11) is -8.87. The minimum Gasteiger partial charge on any atom is -0.756 e. The third-order valence-electron chi connectivity index (χ3n) is 19.1. The van der Waals surface area contributed by atoms with Crippen molar-refractivity contribution in [3.05, 3.63) is 45.5 Å². The SMILES string of the molecule is C.CC.CC.CC(=O)NCC(=O)NC1C(O)CC(OP(=O)([O-])OCC2OC(n3ccc(N)nc3=O)C(O)C2O)(C(=O)[O-])OC1[C@H](O)[C@H](O)CO.CC(=O)NS.CNCC(=O)NC1C(O)CC(O)(C(=O)[O-])OC1[C@H](O)[C@H](O)CO.COC(C)=O.NC1C(O)OC(CO)C(O)C1O.NCC(=O)NC1C(O)CC(OP(=O)([O-])OCC2OC(n3ccc(N)nc3=O)C(O)C2O)(C(=O)[O-])OC1[C@H](O)[C@H](O)CO.[Na+].[Na+].[Na+].[Na+].[Na+]. The summed E-state index contributed by atoms with van der Waals surface area (Å²) in [6, 6.07) is -3.46. The monoisotopic (exact) mass is 2170 g/mol. The number of carboxylic acids is 3. The van der Waals surface area contributed by atoms with Gasteiger partial charge in [0, 0.05) is 52.4 Å². The second-order valence-corrected chi connectivity index (χ2v) is 31.8. The predicted octanol–water partition coefficient (Wildman–Crippen LogP) is -37.8. The molecule has 794 valence electrons. The summed E-state index contributed by atoms with van der Waals surface area (Å²) in [6.07, 6.45) is -43.7. The molecule has 6 fully saturated rings. The molecule has 0 aliphatic carbocycles. The van der Waals surface area contributed by atoms with Crippen LogP contribution in [0.25, 0.3) is 0 Å². The smallest absolute Gasteiger partial charge is 0.756 e. The second kappa shape index (κ2) is 71.0. The van der Waals surface area contributed by atoms with Gasteiger partial charge in [-0.05, 0) is 19.2 Å². The van der Waals surface area contributed by atoms with Crippen molar-refractivity contribution < 1.29 is 384 Å². The average molecular weight is 2170 g/mol. The first kappa shape index (κ1) is 150. The molecule has 8 rings (SSSR count). The summed E-state index contributed by atoms with van der Waals surface area (Å²) in [5.41, 5.74) is 19.3. The molecule has 6 aliphatic rings. The molecule has 27 unspecified atom stereocenters. The first-order valence-corrected chi connectivity index (χ1v) is 43.5. The molecule has 64 nitrogen and oxygen atoms in total. The van der Waals surface area contributed by atoms with Crippen molar-refractivity contribution in [3.8, 4) is 0 Å². The van der Waals surface area contributed by atoms with Gasteiger partial charge in [0.1, 0.15) is 139 Å². The van der Waals surface area contributed by atoms with E-state index in [9.17, 15) is 179 Å². The van der Waals surface area contributed by atoms with Gasteiger partial charge in [-0.3, -0.25) is 56.1 Å². The minimum absolute atomic E-state index is 0. The summed E-state index contributed by atoms with van der Waals surface area (Å²) in [5, 5.41) is 252. The number of hydrogen-bond acceptors (Lipinski definition) is 58. The number of aromatic nitrogens is 4. The third kappa shape index (κ3) is 45.1. The van der Waals surface area contributed by atoms with Gasteiger partial charge in [-0.25, -0.2) is 9.59 Å². The maximum absolute atomic E-state index is 12.8. The molecule has 0 saturated carbocycles. The number of thiol groups is 1. The van der Waals surface area contributed by atoms with Crippen LogP contribution in [0.15, 0.2) is 34.1 Å². The average Bonchev–Trinajstić information content (AvgIpc) is 1.77. The van der Waals surface area contributed by atoms with Crippen molar-refractivity contribution in [1.29, 1.82) is 0 Å². The number of ether oxygens (including phenoxy) is 7. The summed E-state index contributed by atoms with van der Waals surface area (Å²) >= 11 is 3.42. The summed E-state index contributed by atoms with van der Waals surface area (Å²) in [5.74, 6) is -20.5. The molecular formula is C70H123N14Na5O50P2S. The number of methoxy groups -OCH3 is 1. The number of nitrogens with two attached hydrogens (primary N) is 4. The number of carbonyl (C=O) groups excluding carboxylic acids is 9. The Bertz CT molecular complexity index is 4340. The second-order valence-electron chi connectivity index (χ2n) is 28.9. The number of carboxylic acid groups (broad SMARTS) is 3. The molecule has 8 heterocycles. The number of aliphatic hydroxyl groups excluding tert-OH is 20. The quantitative estimate of drug-likeness (QED) is 0.0137. The van der Waals surface area contributed by atoms with Crippen molar-refractivity contribution in [1.82, 2.24) is 50.4 Å². The number of nitrogens with one attached hydrogen (secondary N) is 6. The number of nitrogens with zero attached hydrogens (tertiary/aromatic N) is 4. The number of rotatable bonds is 33. The number of amides is 5. The Balaban J connectivity index is -0.000000436. The molecule has 2 aromatic heterocycles. The molecule has 142 heavy (non-hydrogen) atoms. The fourth-order valence-corrected chi connectivity index (χ4v) is 14.1. The van der Waals surface area contributed by atoms with E-state index >= 15 is 0 Å². The number of anilines is 2. The Hall–Kier alpha value is -3.04. The number of carbonyl (C=O) groups is 9. The molecule has 6 aliphatic heterocycles. The standard InChI is InChI=1S/C22H34N5O17P.C20H32N5O16P.C12H22N2O9.C6H13NO5.C3H6O2.C2H5NOS.2C2H6.CH4.5Na/c1-8(29)24-5-13(32)26-14-9(30)4-22(20(36)37,43-18(14)15(33)10(31)6-28)44-45(39,40)41-7-11-16(34)17(35)19(42-11)27-3-2-12(23)25-21(27)38;21-4-11(29)24-12-7(27)3-20(18(33)34,40-16(12)13(30)8(28)5-26)41-42(36,37)38-6-9-14(31)15(32)17(39-9)25-2-1-10(22)23-19(25)35;1-13-3-7(18)14-8-5(16)2-12(22,11(20)21)23-10(8)9(19)6(17)4-15;7-3-5(10)4(9)2(1-8)12-6(3)11;1-3(4)5-2;1-2(4)3-5;2*1-2;;;;;;/h2-3,9-11,14-19,28,30-31,33-35H,4-7H2,1H3,(H,24,29)(H,26,32)(H,36,37)(H,39,40)(H2,23,25,38);1-2,7-9,12-17,26-28,30-32H,3-6,21H2,(H,24,29)(H,33,34)(H,36,37)(H2,22,23,35);5-6,8-10,13,15-17,19,22H,2-4H2,1H3,(H,14,18)(H,20,21);2-6,8-11H,1,7H2;1-2H3;5H,1H3,(H,3,4);2*1-2H3;1H4;;;;;/q;;;;;;;;;5*+1/p-5/t9?,10-,11?,14?,15-,16?,17?,18?,19?,22?;7?,8-,9?,12?,13-,14?,15?,16?,17?,20?;5?,6-,8?,9-,10?,12?;;;;;;;;;;;/m111.........../s1. The minimum atomic E-state index is -5.88. The molecule has 6 saturated heterocycles. The number of nitrogen functional groups attached to an aromatic ring is 2. The van der Waals surface area contributed by atoms with E-state index in [0.717, 1.165) is 28.5 Å². The van der Waals surface area contributed by atoms with E-state index in [-0.39, 0.29) is 185 Å². The fraction of sp³-hybridized carbons (Fsp3) is 0.757. The molecule has 0 radical (unpaired) electrons. The number of likely N-dealkylation sites (N-methyl/N-ethyl adjacent to an activating group) is 1. The van der Waals surface area contributed by atoms with E-state index in [1.165, 1.54) is 40.1 Å². The van der Waals surface area contributed by atoms with Crippen LogP contribution in [0.2, 0.25) is 0 Å². The van der Waals surface area contributed by atoms with Gasteiger partial charge >= 0.3 is 165 Å². The zero-order valence-corrected chi connectivity index (χ0v) is 91.3. The van der Waals surface area contributed by atoms with E-state index in [1.807, 2.05) is 27.7 Å². The van der Waals surface area contributed by atoms with Crippen molar-refractivity contribution in [2.24, 2.45) is 11.5 Å². The summed E-state index contributed by atoms with van der Waals surface area (Å²) < 4.78 is 82.2. The van der Waals surface area contributed by atoms with Crippen molar-refractivity contribution in [2.75, 3.05) is 84.9 Å². The van der Waals surface area contributed by atoms with E-state index in [1.54, 1.807) is 0 Å². The Kier molecular flexibility index (Phi) is 74.8. The number of aliphatic hydroxyl groups is 21. The van der Waals surface area contributed by atoms with Crippen LogP contribution in [0.4, 0.5) is 11.6 Å². The van der Waals surface area contributed by atoms with Gasteiger partial charge in [0.05, 0.1) is 109 Å². The van der Waals surface area contributed by atoms with Gasteiger partial charge < -0.3 is 243 Å². The zero-order valence-electron chi connectivity index (χ0n) is 78.6. The number of phosphoric acid groups is 2. The largest absolute Gasteiger partial charge is 1.00 e. The third-order valence-corrected chi connectivity index (χ3v) is 21.3. The van der Waals surface area contributed by atoms with Crippen LogP contribution in [0.1, 0.15) is 87.6 Å². The number of aliphatic carboxylic acids is 3. The maximum Gasteiger partial charge on any atom is 1.00 e. The molecule has 5 amide bonds. The molecule has 0 spiro atoms. The van der Waals surface area contributed by atoms with Crippen LogP contribution < -0.4 is 239 Å². The van der Waals surface area contributed by atoms with Crippen LogP contribution in [-0.2, 0) is 104 Å². The van der Waals surface area contributed by atoms with E-state index < -0.39 is 329 Å². The Morgan fingerprint density at radius 3 is 1.15 bits per heavy atom. The maximum atomic E-state index is 12.8. The summed E-state index contributed by atoms with van der Waals surface area (Å²) in [6.45, 7) is 4.58. The molecule has 35 N–H and O–H groups in total. The Morgan fingerprint density at radius 1 is 0.542 bits per heavy atom. The van der Waals surface area contributed by atoms with Crippen molar-refractivity contribution in [3.63, 3.8) is 0 Å². The Morgan fingerprint density at radius 2 is 0.866 bits per heavy atom. The van der Waals surface area contributed by atoms with Crippen molar-refractivity contribution in [2.45, 2.75) is 264 Å². The predicted molar refractivity (Wildman–Crippen MR) is 442 cm³/mol. The topological polar surface area (TPSA) is 1080 Å². The van der Waals surface area contributed by atoms with Crippen LogP contribution >= 0.6 is 28.5 Å². The van der Waals surface area contributed by atoms with Gasteiger partial charge in [0.25, 0.3) is 15.6 Å². The van der Waals surface area contributed by atoms with Crippen LogP contribution in [0, 0.1) is 0 Å². The fourth-order valence-electron chi connectivity index (χ4n) is 12.2. The number of phosphoric ester groups is 2. The van der Waals surface area contributed by atoms with Gasteiger partial charge in [-0.15, -0.1) is 0 Å². The molecule has 0 aromatic carbocycles. The van der Waals surface area contributed by atoms with Gasteiger partial charge in [-0.1, -0.05) is 47.9 Å². The molecule has 33 atom stereocenters. The van der Waals surface area contributed by atoms with E-state index in [2.05, 4.69) is 76.9 Å². The van der Waals surface area contributed by atoms with E-state index in [0.29, 0.717) is 0 Å². The van der Waals surface area contributed by atoms with Gasteiger partial charge in [-0.2, -0.15) is 9.97 Å². The molecule has 2 aromatic rings. The summed E-state index contributed by atoms with van der Waals surface area (Å²) in [4.78, 5) is 158. The number of hydrogen-bond donors (Lipinski definition) is 32. The first-order valence-electron chi connectivity index (χ1n) is 40.1. The molecular weight excluding hydrogens is 2050 g/mol. The number of esters is 1. The first-order chi connectivity index (χ1) is 63.2. The van der Waals surface area contributed by atoms with Crippen LogP contribution in [-0.4, -0.2) is 429 Å². The van der Waals surface area contributed by atoms with Crippen LogP contribution in [0.3, 0.4) is 0 Å². The normalized spacial score (nSPS) is 30.7.